The fraction of sp³-hybridized carbons (Fsp3) is 0.615. The molecule has 0 radical (unpaired) electrons. The lowest BCUT2D eigenvalue weighted by atomic mass is 10.1. The fourth-order valence-corrected chi connectivity index (χ4v) is 3.11. The highest BCUT2D eigenvalue weighted by Gasteiger charge is 2.82. The number of aromatic nitrogens is 2. The number of nitrogens with one attached hydrogen (secondary N) is 1. The van der Waals surface area contributed by atoms with Gasteiger partial charge < -0.3 is 15.2 Å². The molecule has 0 unspecified atom stereocenters. The Labute approximate surface area is 124 Å². The first-order valence-corrected chi connectivity index (χ1v) is 6.86. The zero-order chi connectivity index (χ0) is 16.1. The van der Waals surface area contributed by atoms with E-state index in [2.05, 4.69) is 10.4 Å². The predicted octanol–water partition coefficient (Wildman–Crippen LogP) is 0.662. The van der Waals surface area contributed by atoms with E-state index in [4.69, 9.17) is 9.84 Å². The summed E-state index contributed by atoms with van der Waals surface area (Å²) in [5, 5.41) is 15.1. The van der Waals surface area contributed by atoms with Gasteiger partial charge in [0.25, 0.3) is 11.8 Å². The van der Waals surface area contributed by atoms with Crippen molar-refractivity contribution in [3.8, 4) is 0 Å². The third-order valence-corrected chi connectivity index (χ3v) is 4.37. The van der Waals surface area contributed by atoms with E-state index in [0.717, 1.165) is 10.9 Å². The molecule has 1 saturated heterocycles. The Morgan fingerprint density at radius 2 is 2.32 bits per heavy atom. The normalized spacial score (nSPS) is 28.8. The molecule has 2 aliphatic rings. The lowest BCUT2D eigenvalue weighted by molar-refractivity contribution is -0.0576. The van der Waals surface area contributed by atoms with Crippen LogP contribution in [0.2, 0.25) is 0 Å². The van der Waals surface area contributed by atoms with Crippen LogP contribution in [0.4, 0.5) is 8.78 Å². The molecule has 0 bridgehead atoms. The van der Waals surface area contributed by atoms with E-state index in [1.54, 1.807) is 0 Å². The van der Waals surface area contributed by atoms with Crippen LogP contribution in [-0.2, 0) is 11.8 Å². The molecule has 22 heavy (non-hydrogen) atoms. The molecule has 9 heteroatoms. The number of alkyl halides is 2. The van der Waals surface area contributed by atoms with Gasteiger partial charge in [-0.15, -0.1) is 0 Å². The Bertz CT molecular complexity index is 645. The SMILES string of the molecule is Cn1ncc(C(=O)O)c1C(=O)NC[C@]12OCCC[C@H]1C2(F)F. The highest BCUT2D eigenvalue weighted by Crippen LogP contribution is 2.64. The Morgan fingerprint density at radius 3 is 2.95 bits per heavy atom. The predicted molar refractivity (Wildman–Crippen MR) is 68.9 cm³/mol. The number of halogens is 2. The van der Waals surface area contributed by atoms with Crippen LogP contribution in [0.1, 0.15) is 33.7 Å². The highest BCUT2D eigenvalue weighted by atomic mass is 19.3. The van der Waals surface area contributed by atoms with E-state index in [0.29, 0.717) is 12.8 Å². The molecule has 3 rings (SSSR count). The number of rotatable bonds is 4. The second kappa shape index (κ2) is 4.73. The van der Waals surface area contributed by atoms with Crippen molar-refractivity contribution in [3.63, 3.8) is 0 Å². The number of hydrogen-bond acceptors (Lipinski definition) is 4. The van der Waals surface area contributed by atoms with Crippen molar-refractivity contribution in [2.75, 3.05) is 13.2 Å². The van der Waals surface area contributed by atoms with Gasteiger partial charge in [0.2, 0.25) is 0 Å². The Hall–Kier alpha value is -2.03. The summed E-state index contributed by atoms with van der Waals surface area (Å²) in [5.74, 6) is -5.92. The fourth-order valence-electron chi connectivity index (χ4n) is 3.11. The number of aromatic carboxylic acids is 1. The van der Waals surface area contributed by atoms with Gasteiger partial charge in [-0.05, 0) is 12.8 Å². The van der Waals surface area contributed by atoms with Gasteiger partial charge in [-0.2, -0.15) is 5.10 Å². The summed E-state index contributed by atoms with van der Waals surface area (Å²) in [6, 6.07) is 0. The summed E-state index contributed by atoms with van der Waals surface area (Å²) in [4.78, 5) is 23.2. The quantitative estimate of drug-likeness (QED) is 0.851. The van der Waals surface area contributed by atoms with E-state index >= 15 is 0 Å². The number of nitrogens with zero attached hydrogens (tertiary/aromatic N) is 2. The van der Waals surface area contributed by atoms with Gasteiger partial charge in [-0.1, -0.05) is 0 Å². The van der Waals surface area contributed by atoms with Gasteiger partial charge >= 0.3 is 5.97 Å². The zero-order valence-corrected chi connectivity index (χ0v) is 11.8. The lowest BCUT2D eigenvalue weighted by Crippen LogP contribution is -2.41. The average molecular weight is 315 g/mol. The topological polar surface area (TPSA) is 93.5 Å². The first kappa shape index (κ1) is 14.9. The second-order valence-electron chi connectivity index (χ2n) is 5.57. The Balaban J connectivity index is 1.74. The average Bonchev–Trinajstić information content (AvgIpc) is 2.77. The molecule has 1 saturated carbocycles. The lowest BCUT2D eigenvalue weighted by Gasteiger charge is -2.21. The number of carbonyl (C=O) groups excluding carboxylic acids is 1. The molecule has 2 fully saturated rings. The third-order valence-electron chi connectivity index (χ3n) is 4.37. The molecular formula is C13H15F2N3O4. The van der Waals surface area contributed by atoms with Crippen LogP contribution in [0.3, 0.4) is 0 Å². The van der Waals surface area contributed by atoms with E-state index in [9.17, 15) is 18.4 Å². The third kappa shape index (κ3) is 1.92. The Morgan fingerprint density at radius 1 is 1.59 bits per heavy atom. The molecule has 1 aliphatic carbocycles. The van der Waals surface area contributed by atoms with Gasteiger partial charge in [-0.25, -0.2) is 13.6 Å². The summed E-state index contributed by atoms with van der Waals surface area (Å²) in [6.45, 7) is -0.123. The number of ether oxygens (including phenoxy) is 1. The maximum absolute atomic E-state index is 13.8. The smallest absolute Gasteiger partial charge is 0.339 e. The van der Waals surface area contributed by atoms with Gasteiger partial charge in [0, 0.05) is 13.7 Å². The van der Waals surface area contributed by atoms with Gasteiger partial charge in [-0.3, -0.25) is 9.48 Å². The first-order chi connectivity index (χ1) is 10.3. The van der Waals surface area contributed by atoms with Crippen LogP contribution in [-0.4, -0.2) is 51.4 Å². The number of aryl methyl sites for hydroxylation is 1. The molecule has 2 N–H and O–H groups in total. The molecule has 0 aromatic carbocycles. The van der Waals surface area contributed by atoms with Crippen molar-refractivity contribution in [3.05, 3.63) is 17.5 Å². The summed E-state index contributed by atoms with van der Waals surface area (Å²) < 4.78 is 34.0. The minimum absolute atomic E-state index is 0.180. The van der Waals surface area contributed by atoms with Crippen LogP contribution < -0.4 is 5.32 Å². The van der Waals surface area contributed by atoms with Crippen molar-refractivity contribution < 1.29 is 28.2 Å². The van der Waals surface area contributed by atoms with Crippen LogP contribution in [0, 0.1) is 5.92 Å². The molecule has 120 valence electrons. The van der Waals surface area contributed by atoms with Crippen LogP contribution >= 0.6 is 0 Å². The van der Waals surface area contributed by atoms with Crippen molar-refractivity contribution in [1.82, 2.24) is 15.1 Å². The van der Waals surface area contributed by atoms with Crippen molar-refractivity contribution in [1.29, 1.82) is 0 Å². The number of carboxylic acid groups (broad SMARTS) is 1. The molecule has 2 heterocycles. The summed E-state index contributed by atoms with van der Waals surface area (Å²) in [6.07, 6.45) is 1.97. The first-order valence-electron chi connectivity index (χ1n) is 6.86. The number of carboxylic acids is 1. The van der Waals surface area contributed by atoms with E-state index in [1.165, 1.54) is 7.05 Å². The molecule has 1 aromatic rings. The van der Waals surface area contributed by atoms with Crippen molar-refractivity contribution in [2.24, 2.45) is 13.0 Å². The summed E-state index contributed by atoms with van der Waals surface area (Å²) >= 11 is 0. The number of carbonyl (C=O) groups is 2. The minimum atomic E-state index is -2.96. The summed E-state index contributed by atoms with van der Waals surface area (Å²) in [5.41, 5.74) is -2.11. The largest absolute Gasteiger partial charge is 0.478 e. The number of fused-ring (bicyclic) bond motifs is 1. The number of amides is 1. The van der Waals surface area contributed by atoms with E-state index in [-0.39, 0.29) is 24.4 Å². The maximum atomic E-state index is 13.8. The molecule has 7 nitrogen and oxygen atoms in total. The molecule has 2 atom stereocenters. The molecule has 1 aromatic heterocycles. The highest BCUT2D eigenvalue weighted by molar-refractivity contribution is 6.03. The number of hydrogen-bond donors (Lipinski definition) is 2. The molecular weight excluding hydrogens is 300 g/mol. The van der Waals surface area contributed by atoms with E-state index < -0.39 is 29.3 Å². The van der Waals surface area contributed by atoms with Gasteiger partial charge in [0.05, 0.1) is 18.7 Å². The monoisotopic (exact) mass is 315 g/mol. The maximum Gasteiger partial charge on any atom is 0.339 e. The van der Waals surface area contributed by atoms with Crippen molar-refractivity contribution in [2.45, 2.75) is 24.4 Å². The molecule has 1 aliphatic heterocycles. The Kier molecular flexibility index (Phi) is 3.20. The van der Waals surface area contributed by atoms with Crippen molar-refractivity contribution >= 4 is 11.9 Å². The second-order valence-corrected chi connectivity index (χ2v) is 5.57. The molecule has 1 amide bonds. The van der Waals surface area contributed by atoms with Gasteiger partial charge in [0.1, 0.15) is 11.3 Å². The molecule has 0 spiro atoms. The zero-order valence-electron chi connectivity index (χ0n) is 11.8. The van der Waals surface area contributed by atoms with Crippen LogP contribution in [0.15, 0.2) is 6.20 Å². The van der Waals surface area contributed by atoms with Crippen LogP contribution in [0.25, 0.3) is 0 Å². The minimum Gasteiger partial charge on any atom is -0.478 e. The van der Waals surface area contributed by atoms with Crippen LogP contribution in [0.5, 0.6) is 0 Å². The van der Waals surface area contributed by atoms with Gasteiger partial charge in [0.15, 0.2) is 5.60 Å². The summed E-state index contributed by atoms with van der Waals surface area (Å²) in [7, 11) is 1.41. The standard InChI is InChI=1S/C13H15F2N3O4/c1-18-9(7(5-17-18)11(20)21)10(19)16-6-12-8(13(12,14)15)3-2-4-22-12/h5,8H,2-4,6H2,1H3,(H,16,19)(H,20,21)/t8-,12+/m1/s1. The van der Waals surface area contributed by atoms with E-state index in [1.807, 2.05) is 0 Å².